The fraction of sp³-hybridized carbons (Fsp3) is 0.300. The van der Waals surface area contributed by atoms with Crippen LogP contribution in [-0.4, -0.2) is 11.5 Å². The van der Waals surface area contributed by atoms with E-state index in [0.29, 0.717) is 12.5 Å². The number of hydrogen-bond acceptors (Lipinski definition) is 3. The molecule has 3 heteroatoms. The minimum Gasteiger partial charge on any atom is -0.443 e. The minimum atomic E-state index is 0.376. The maximum atomic E-state index is 5.58. The zero-order chi connectivity index (χ0) is 9.26. The van der Waals surface area contributed by atoms with Gasteiger partial charge in [0.15, 0.2) is 12.0 Å². The monoisotopic (exact) mass is 176 g/mol. The quantitative estimate of drug-likeness (QED) is 0.760. The van der Waals surface area contributed by atoms with Crippen molar-refractivity contribution in [1.82, 2.24) is 4.98 Å². The van der Waals surface area contributed by atoms with E-state index in [2.05, 4.69) is 11.9 Å². The third kappa shape index (κ3) is 1.42. The van der Waals surface area contributed by atoms with Crippen LogP contribution in [0.1, 0.15) is 18.4 Å². The van der Waals surface area contributed by atoms with Crippen molar-refractivity contribution >= 4 is 11.1 Å². The highest BCUT2D eigenvalue weighted by Gasteiger charge is 2.05. The van der Waals surface area contributed by atoms with E-state index in [1.165, 1.54) is 12.0 Å². The van der Waals surface area contributed by atoms with Crippen molar-refractivity contribution in [3.05, 3.63) is 30.2 Å². The first-order valence-corrected chi connectivity index (χ1v) is 4.34. The number of aromatic nitrogens is 1. The first-order chi connectivity index (χ1) is 6.31. The molecule has 0 bridgehead atoms. The highest BCUT2D eigenvalue weighted by Crippen LogP contribution is 2.19. The second kappa shape index (κ2) is 3.18. The maximum Gasteiger partial charge on any atom is 0.181 e. The van der Waals surface area contributed by atoms with Crippen LogP contribution in [0.15, 0.2) is 29.0 Å². The summed E-state index contributed by atoms with van der Waals surface area (Å²) >= 11 is 0. The van der Waals surface area contributed by atoms with Gasteiger partial charge in [0.25, 0.3) is 0 Å². The van der Waals surface area contributed by atoms with Gasteiger partial charge in [-0.3, -0.25) is 0 Å². The summed E-state index contributed by atoms with van der Waals surface area (Å²) in [7, 11) is 0. The molecule has 1 heterocycles. The van der Waals surface area contributed by atoms with Crippen molar-refractivity contribution < 1.29 is 4.42 Å². The van der Waals surface area contributed by atoms with Crippen LogP contribution < -0.4 is 5.73 Å². The third-order valence-corrected chi connectivity index (χ3v) is 2.28. The summed E-state index contributed by atoms with van der Waals surface area (Å²) in [6.07, 6.45) is 1.46. The van der Waals surface area contributed by atoms with E-state index in [4.69, 9.17) is 10.2 Å². The van der Waals surface area contributed by atoms with Gasteiger partial charge in [-0.2, -0.15) is 0 Å². The van der Waals surface area contributed by atoms with Gasteiger partial charge in [-0.15, -0.1) is 0 Å². The molecule has 0 amide bonds. The molecule has 2 rings (SSSR count). The summed E-state index contributed by atoms with van der Waals surface area (Å²) in [5.41, 5.74) is 8.52. The molecule has 1 aromatic carbocycles. The Morgan fingerprint density at radius 1 is 1.54 bits per heavy atom. The summed E-state index contributed by atoms with van der Waals surface area (Å²) in [4.78, 5) is 4.09. The number of fused-ring (bicyclic) bond motifs is 1. The number of hydrogen-bond donors (Lipinski definition) is 1. The van der Waals surface area contributed by atoms with Gasteiger partial charge in [0.1, 0.15) is 5.52 Å². The van der Waals surface area contributed by atoms with E-state index >= 15 is 0 Å². The Labute approximate surface area is 76.6 Å². The molecular weight excluding hydrogens is 164 g/mol. The van der Waals surface area contributed by atoms with Crippen molar-refractivity contribution in [3.63, 3.8) is 0 Å². The summed E-state index contributed by atoms with van der Waals surface area (Å²) in [6.45, 7) is 2.75. The average molecular weight is 176 g/mol. The lowest BCUT2D eigenvalue weighted by molar-refractivity contribution is 0.602. The molecule has 0 fully saturated rings. The third-order valence-electron chi connectivity index (χ3n) is 2.28. The van der Waals surface area contributed by atoms with Crippen LogP contribution in [0.3, 0.4) is 0 Å². The predicted molar refractivity (Wildman–Crippen MR) is 51.5 cm³/mol. The van der Waals surface area contributed by atoms with E-state index in [1.54, 1.807) is 0 Å². The van der Waals surface area contributed by atoms with Crippen molar-refractivity contribution in [2.45, 2.75) is 12.8 Å². The Kier molecular flexibility index (Phi) is 2.02. The van der Waals surface area contributed by atoms with Gasteiger partial charge in [-0.25, -0.2) is 4.98 Å². The molecule has 2 N–H and O–H groups in total. The molecule has 0 spiro atoms. The second-order valence-electron chi connectivity index (χ2n) is 3.22. The van der Waals surface area contributed by atoms with Crippen molar-refractivity contribution in [2.75, 3.05) is 6.54 Å². The molecule has 1 aromatic heterocycles. The number of nitrogens with zero attached hydrogens (tertiary/aromatic N) is 1. The molecule has 1 unspecified atom stereocenters. The van der Waals surface area contributed by atoms with Crippen LogP contribution in [0.5, 0.6) is 0 Å². The van der Waals surface area contributed by atoms with Crippen LogP contribution in [0.2, 0.25) is 0 Å². The molecule has 0 aliphatic rings. The van der Waals surface area contributed by atoms with Gasteiger partial charge in [-0.05, 0) is 30.2 Å². The molecule has 0 saturated carbocycles. The lowest BCUT2D eigenvalue weighted by Gasteiger charge is -2.07. The van der Waals surface area contributed by atoms with Gasteiger partial charge >= 0.3 is 0 Å². The van der Waals surface area contributed by atoms with E-state index in [1.807, 2.05) is 18.2 Å². The SMILES string of the molecule is CC(CN)c1ccc2ocnc2c1. The summed E-state index contributed by atoms with van der Waals surface area (Å²) < 4.78 is 5.14. The van der Waals surface area contributed by atoms with E-state index in [-0.39, 0.29) is 0 Å². The Bertz CT molecular complexity index is 408. The topological polar surface area (TPSA) is 52.0 Å². The van der Waals surface area contributed by atoms with Crippen molar-refractivity contribution in [3.8, 4) is 0 Å². The van der Waals surface area contributed by atoms with E-state index in [0.717, 1.165) is 11.1 Å². The highest BCUT2D eigenvalue weighted by molar-refractivity contribution is 5.72. The zero-order valence-corrected chi connectivity index (χ0v) is 7.53. The van der Waals surface area contributed by atoms with Crippen LogP contribution in [0.25, 0.3) is 11.1 Å². The number of oxazole rings is 1. The largest absolute Gasteiger partial charge is 0.443 e. The molecule has 1 atom stereocenters. The predicted octanol–water partition coefficient (Wildman–Crippen LogP) is 1.89. The molecule has 2 aromatic rings. The molecule has 3 nitrogen and oxygen atoms in total. The molecule has 68 valence electrons. The lowest BCUT2D eigenvalue weighted by atomic mass is 10.0. The molecule has 0 aliphatic carbocycles. The molecule has 0 aliphatic heterocycles. The van der Waals surface area contributed by atoms with Gasteiger partial charge in [-0.1, -0.05) is 13.0 Å². The Balaban J connectivity index is 2.48. The van der Waals surface area contributed by atoms with Crippen molar-refractivity contribution in [2.24, 2.45) is 5.73 Å². The van der Waals surface area contributed by atoms with Gasteiger partial charge in [0.05, 0.1) is 0 Å². The Hall–Kier alpha value is -1.35. The summed E-state index contributed by atoms with van der Waals surface area (Å²) in [5.74, 6) is 0.376. The number of rotatable bonds is 2. The Morgan fingerprint density at radius 3 is 3.15 bits per heavy atom. The smallest absolute Gasteiger partial charge is 0.181 e. The first-order valence-electron chi connectivity index (χ1n) is 4.34. The first kappa shape index (κ1) is 8.26. The van der Waals surface area contributed by atoms with Crippen LogP contribution >= 0.6 is 0 Å². The summed E-state index contributed by atoms with van der Waals surface area (Å²) in [6, 6.07) is 5.99. The number of nitrogens with two attached hydrogens (primary N) is 1. The second-order valence-corrected chi connectivity index (χ2v) is 3.22. The van der Waals surface area contributed by atoms with Gasteiger partial charge in [0.2, 0.25) is 0 Å². The van der Waals surface area contributed by atoms with Crippen LogP contribution in [0.4, 0.5) is 0 Å². The van der Waals surface area contributed by atoms with E-state index < -0.39 is 0 Å². The molecule has 13 heavy (non-hydrogen) atoms. The minimum absolute atomic E-state index is 0.376. The van der Waals surface area contributed by atoms with Crippen LogP contribution in [-0.2, 0) is 0 Å². The maximum absolute atomic E-state index is 5.58. The molecular formula is C10H12N2O. The highest BCUT2D eigenvalue weighted by atomic mass is 16.3. The Morgan fingerprint density at radius 2 is 2.38 bits per heavy atom. The normalized spacial score (nSPS) is 13.4. The van der Waals surface area contributed by atoms with Gasteiger partial charge in [0, 0.05) is 0 Å². The zero-order valence-electron chi connectivity index (χ0n) is 7.53. The molecule has 0 saturated heterocycles. The summed E-state index contributed by atoms with van der Waals surface area (Å²) in [5, 5.41) is 0. The van der Waals surface area contributed by atoms with Crippen LogP contribution in [0, 0.1) is 0 Å². The van der Waals surface area contributed by atoms with Crippen molar-refractivity contribution in [1.29, 1.82) is 0 Å². The fourth-order valence-electron chi connectivity index (χ4n) is 1.32. The standard InChI is InChI=1S/C10H12N2O/c1-7(5-11)8-2-3-10-9(4-8)12-6-13-10/h2-4,6-7H,5,11H2,1H3. The average Bonchev–Trinajstić information content (AvgIpc) is 2.63. The molecule has 0 radical (unpaired) electrons. The lowest BCUT2D eigenvalue weighted by Crippen LogP contribution is -2.08. The van der Waals surface area contributed by atoms with E-state index in [9.17, 15) is 0 Å². The number of benzene rings is 1. The van der Waals surface area contributed by atoms with Gasteiger partial charge < -0.3 is 10.2 Å². The fourth-order valence-corrected chi connectivity index (χ4v) is 1.32.